The highest BCUT2D eigenvalue weighted by Gasteiger charge is 2.24. The Morgan fingerprint density at radius 3 is 2.45 bits per heavy atom. The Kier molecular flexibility index (Phi) is 9.25. The Morgan fingerprint density at radius 2 is 1.90 bits per heavy atom. The Hall–Kier alpha value is -2.28. The molecule has 2 atom stereocenters. The third-order valence-electron chi connectivity index (χ3n) is 5.41. The molecule has 0 saturated carbocycles. The lowest BCUT2D eigenvalue weighted by molar-refractivity contribution is -0.127. The number of hydrogen-bond donors (Lipinski definition) is 2. The Morgan fingerprint density at radius 1 is 1.24 bits per heavy atom. The Balaban J connectivity index is 2.12. The highest BCUT2D eigenvalue weighted by molar-refractivity contribution is 5.84. The van der Waals surface area contributed by atoms with Crippen LogP contribution in [-0.2, 0) is 4.79 Å². The van der Waals surface area contributed by atoms with E-state index in [1.165, 1.54) is 18.4 Å². The molecule has 2 N–H and O–H groups in total. The summed E-state index contributed by atoms with van der Waals surface area (Å²) < 4.78 is 5.31. The highest BCUT2D eigenvalue weighted by Crippen LogP contribution is 2.26. The van der Waals surface area contributed by atoms with Gasteiger partial charge in [-0.15, -0.1) is 0 Å². The van der Waals surface area contributed by atoms with Gasteiger partial charge in [0.1, 0.15) is 12.3 Å². The summed E-state index contributed by atoms with van der Waals surface area (Å²) in [7, 11) is 5.19. The van der Waals surface area contributed by atoms with Gasteiger partial charge in [0.05, 0.1) is 13.2 Å². The first-order valence-corrected chi connectivity index (χ1v) is 10.6. The topological polar surface area (TPSA) is 69.2 Å². The van der Waals surface area contributed by atoms with Crippen molar-refractivity contribution in [3.05, 3.63) is 29.8 Å². The van der Waals surface area contributed by atoms with Crippen molar-refractivity contribution in [2.75, 3.05) is 47.4 Å². The molecule has 2 unspecified atom stereocenters. The molecule has 162 valence electrons. The largest absolute Gasteiger partial charge is 0.497 e. The molecule has 1 aromatic rings. The summed E-state index contributed by atoms with van der Waals surface area (Å²) in [4.78, 5) is 20.6. The third-order valence-corrected chi connectivity index (χ3v) is 5.41. The van der Waals surface area contributed by atoms with E-state index in [4.69, 9.17) is 4.74 Å². The summed E-state index contributed by atoms with van der Waals surface area (Å²) in [5.74, 6) is 1.54. The van der Waals surface area contributed by atoms with E-state index in [0.29, 0.717) is 5.96 Å². The van der Waals surface area contributed by atoms with Crippen molar-refractivity contribution in [1.82, 2.24) is 20.4 Å². The molecule has 7 heteroatoms. The zero-order valence-electron chi connectivity index (χ0n) is 18.6. The first kappa shape index (κ1) is 23.0. The fraction of sp³-hybridized carbons (Fsp3) is 0.636. The van der Waals surface area contributed by atoms with Crippen molar-refractivity contribution in [1.29, 1.82) is 0 Å². The number of ether oxygens (including phenoxy) is 1. The molecule has 0 bridgehead atoms. The number of nitrogens with one attached hydrogen (secondary N) is 2. The van der Waals surface area contributed by atoms with Crippen molar-refractivity contribution in [3.8, 4) is 5.75 Å². The van der Waals surface area contributed by atoms with Crippen LogP contribution >= 0.6 is 0 Å². The first-order valence-electron chi connectivity index (χ1n) is 10.6. The van der Waals surface area contributed by atoms with Gasteiger partial charge in [0.25, 0.3) is 0 Å². The van der Waals surface area contributed by atoms with Crippen LogP contribution in [0, 0.1) is 0 Å². The number of benzene rings is 1. The molecule has 1 aliphatic heterocycles. The fourth-order valence-corrected chi connectivity index (χ4v) is 3.31. The SMILES string of the molecule is CCC(C)NC(=NCC(=O)N(C)C)NCC(c1ccc(OC)cc1)N1CCCC1. The van der Waals surface area contributed by atoms with Crippen LogP contribution in [0.2, 0.25) is 0 Å². The lowest BCUT2D eigenvalue weighted by Gasteiger charge is -2.29. The molecule has 0 radical (unpaired) electrons. The average molecular weight is 404 g/mol. The van der Waals surface area contributed by atoms with Gasteiger partial charge in [-0.05, 0) is 57.0 Å². The van der Waals surface area contributed by atoms with Gasteiger partial charge in [0, 0.05) is 26.7 Å². The molecule has 1 aliphatic rings. The fourth-order valence-electron chi connectivity index (χ4n) is 3.31. The number of carbonyl (C=O) groups excluding carboxylic acids is 1. The maximum atomic E-state index is 12.0. The van der Waals surface area contributed by atoms with E-state index < -0.39 is 0 Å². The third kappa shape index (κ3) is 7.24. The van der Waals surface area contributed by atoms with Crippen LogP contribution < -0.4 is 15.4 Å². The highest BCUT2D eigenvalue weighted by atomic mass is 16.5. The van der Waals surface area contributed by atoms with Crippen molar-refractivity contribution >= 4 is 11.9 Å². The van der Waals surface area contributed by atoms with E-state index in [9.17, 15) is 4.79 Å². The molecule has 1 saturated heterocycles. The van der Waals surface area contributed by atoms with E-state index in [1.807, 2.05) is 12.1 Å². The number of likely N-dealkylation sites (tertiary alicyclic amines) is 1. The van der Waals surface area contributed by atoms with Gasteiger partial charge < -0.3 is 20.3 Å². The lowest BCUT2D eigenvalue weighted by atomic mass is 10.1. The summed E-state index contributed by atoms with van der Waals surface area (Å²) in [6, 6.07) is 8.83. The maximum Gasteiger partial charge on any atom is 0.243 e. The number of rotatable bonds is 9. The summed E-state index contributed by atoms with van der Waals surface area (Å²) in [6.07, 6.45) is 3.45. The minimum absolute atomic E-state index is 0.0125. The van der Waals surface area contributed by atoms with Gasteiger partial charge in [0.2, 0.25) is 5.91 Å². The minimum atomic E-state index is -0.0125. The molecule has 0 spiro atoms. The predicted molar refractivity (Wildman–Crippen MR) is 118 cm³/mol. The van der Waals surface area contributed by atoms with Gasteiger partial charge in [-0.3, -0.25) is 9.69 Å². The van der Waals surface area contributed by atoms with Crippen LogP contribution in [0.4, 0.5) is 0 Å². The minimum Gasteiger partial charge on any atom is -0.497 e. The van der Waals surface area contributed by atoms with Gasteiger partial charge in [-0.2, -0.15) is 0 Å². The van der Waals surface area contributed by atoms with Gasteiger partial charge in [-0.1, -0.05) is 19.1 Å². The number of hydrogen-bond acceptors (Lipinski definition) is 4. The van der Waals surface area contributed by atoms with Crippen LogP contribution in [0.1, 0.15) is 44.7 Å². The zero-order chi connectivity index (χ0) is 21.2. The van der Waals surface area contributed by atoms with E-state index in [0.717, 1.165) is 31.8 Å². The Labute approximate surface area is 175 Å². The van der Waals surface area contributed by atoms with E-state index >= 15 is 0 Å². The molecule has 1 heterocycles. The number of methoxy groups -OCH3 is 1. The molecule has 0 aromatic heterocycles. The number of nitrogens with zero attached hydrogens (tertiary/aromatic N) is 3. The van der Waals surface area contributed by atoms with E-state index in [2.05, 4.69) is 46.5 Å². The van der Waals surface area contributed by atoms with Crippen LogP contribution in [0.5, 0.6) is 5.75 Å². The van der Waals surface area contributed by atoms with Crippen molar-refractivity contribution < 1.29 is 9.53 Å². The van der Waals surface area contributed by atoms with Gasteiger partial charge >= 0.3 is 0 Å². The summed E-state index contributed by atoms with van der Waals surface area (Å²) in [5, 5.41) is 6.88. The molecule has 7 nitrogen and oxygen atoms in total. The van der Waals surface area contributed by atoms with Crippen LogP contribution in [0.15, 0.2) is 29.3 Å². The standard InChI is InChI=1S/C22H37N5O2/c1-6-17(2)25-22(24-16-21(28)26(3)4)23-15-20(27-13-7-8-14-27)18-9-11-19(29-5)12-10-18/h9-12,17,20H,6-8,13-16H2,1-5H3,(H2,23,24,25). The number of likely N-dealkylation sites (N-methyl/N-ethyl adjacent to an activating group) is 1. The maximum absolute atomic E-state index is 12.0. The van der Waals surface area contributed by atoms with E-state index in [1.54, 1.807) is 26.1 Å². The van der Waals surface area contributed by atoms with Gasteiger partial charge in [0.15, 0.2) is 5.96 Å². The average Bonchev–Trinajstić information content (AvgIpc) is 3.26. The van der Waals surface area contributed by atoms with E-state index in [-0.39, 0.29) is 24.5 Å². The smallest absolute Gasteiger partial charge is 0.243 e. The molecule has 2 rings (SSSR count). The second-order valence-electron chi connectivity index (χ2n) is 7.82. The quantitative estimate of drug-likeness (QED) is 0.489. The molecule has 29 heavy (non-hydrogen) atoms. The van der Waals surface area contributed by atoms with Crippen LogP contribution in [0.3, 0.4) is 0 Å². The molecule has 1 amide bonds. The molecule has 0 aliphatic carbocycles. The lowest BCUT2D eigenvalue weighted by Crippen LogP contribution is -2.46. The number of guanidine groups is 1. The molecule has 1 fully saturated rings. The normalized spacial score (nSPS) is 16.9. The zero-order valence-corrected chi connectivity index (χ0v) is 18.6. The molecule has 1 aromatic carbocycles. The van der Waals surface area contributed by atoms with Crippen molar-refractivity contribution in [2.24, 2.45) is 4.99 Å². The predicted octanol–water partition coefficient (Wildman–Crippen LogP) is 2.25. The second-order valence-corrected chi connectivity index (χ2v) is 7.82. The monoisotopic (exact) mass is 403 g/mol. The summed E-state index contributed by atoms with van der Waals surface area (Å²) in [6.45, 7) is 7.31. The second kappa shape index (κ2) is 11.7. The Bertz CT molecular complexity index is 654. The van der Waals surface area contributed by atoms with Gasteiger partial charge in [-0.25, -0.2) is 4.99 Å². The summed E-state index contributed by atoms with van der Waals surface area (Å²) in [5.41, 5.74) is 1.26. The number of aliphatic imine (C=N–C) groups is 1. The molecular formula is C22H37N5O2. The van der Waals surface area contributed by atoms with Crippen molar-refractivity contribution in [3.63, 3.8) is 0 Å². The van der Waals surface area contributed by atoms with Crippen molar-refractivity contribution in [2.45, 2.75) is 45.2 Å². The first-order chi connectivity index (χ1) is 13.9. The molecular weight excluding hydrogens is 366 g/mol. The number of carbonyl (C=O) groups is 1. The van der Waals surface area contributed by atoms with Crippen LogP contribution in [-0.4, -0.2) is 75.1 Å². The number of amides is 1. The summed E-state index contributed by atoms with van der Waals surface area (Å²) >= 11 is 0. The van der Waals surface area contributed by atoms with Crippen LogP contribution in [0.25, 0.3) is 0 Å².